The van der Waals surface area contributed by atoms with E-state index in [0.29, 0.717) is 0 Å². The summed E-state index contributed by atoms with van der Waals surface area (Å²) in [6, 6.07) is 24.3. The van der Waals surface area contributed by atoms with E-state index < -0.39 is 0 Å². The van der Waals surface area contributed by atoms with Crippen LogP contribution in [0.4, 0.5) is 0 Å². The first-order chi connectivity index (χ1) is 10.9. The van der Waals surface area contributed by atoms with E-state index in [-0.39, 0.29) is 0 Å². The second kappa shape index (κ2) is 5.41. The van der Waals surface area contributed by atoms with E-state index >= 15 is 0 Å². The standard InChI is InChI=1S/C20H14O2/c1-3-7-15(8-4-1)17-11-19(21-13-17)20-12-18(14-22-20)16-9-5-2-6-10-16/h1-14H. The Morgan fingerprint density at radius 2 is 0.864 bits per heavy atom. The summed E-state index contributed by atoms with van der Waals surface area (Å²) in [5.41, 5.74) is 4.36. The Labute approximate surface area is 128 Å². The molecule has 2 aromatic carbocycles. The van der Waals surface area contributed by atoms with Gasteiger partial charge in [0.2, 0.25) is 0 Å². The summed E-state index contributed by atoms with van der Waals surface area (Å²) >= 11 is 0. The molecule has 0 saturated heterocycles. The fraction of sp³-hybridized carbons (Fsp3) is 0. The van der Waals surface area contributed by atoms with E-state index in [1.165, 1.54) is 0 Å². The van der Waals surface area contributed by atoms with Crippen LogP contribution in [0.15, 0.2) is 94.2 Å². The van der Waals surface area contributed by atoms with Crippen LogP contribution in [0.2, 0.25) is 0 Å². The second-order valence-electron chi connectivity index (χ2n) is 5.13. The maximum atomic E-state index is 5.66. The molecule has 0 unspecified atom stereocenters. The highest BCUT2D eigenvalue weighted by molar-refractivity contribution is 5.71. The van der Waals surface area contributed by atoms with Gasteiger partial charge in [-0.2, -0.15) is 0 Å². The number of furan rings is 2. The van der Waals surface area contributed by atoms with Crippen LogP contribution >= 0.6 is 0 Å². The van der Waals surface area contributed by atoms with Crippen molar-refractivity contribution in [2.24, 2.45) is 0 Å². The molecule has 0 spiro atoms. The van der Waals surface area contributed by atoms with Gasteiger partial charge in [0.05, 0.1) is 12.5 Å². The number of hydrogen-bond acceptors (Lipinski definition) is 2. The largest absolute Gasteiger partial charge is 0.460 e. The van der Waals surface area contributed by atoms with Crippen molar-refractivity contribution in [2.45, 2.75) is 0 Å². The molecular weight excluding hydrogens is 272 g/mol. The third-order valence-corrected chi connectivity index (χ3v) is 3.66. The van der Waals surface area contributed by atoms with Gasteiger partial charge in [-0.25, -0.2) is 0 Å². The zero-order valence-electron chi connectivity index (χ0n) is 11.9. The van der Waals surface area contributed by atoms with Gasteiger partial charge in [0.25, 0.3) is 0 Å². The zero-order chi connectivity index (χ0) is 14.8. The smallest absolute Gasteiger partial charge is 0.169 e. The average molecular weight is 286 g/mol. The first-order valence-electron chi connectivity index (χ1n) is 7.18. The predicted octanol–water partition coefficient (Wildman–Crippen LogP) is 5.87. The molecule has 2 heteroatoms. The molecule has 2 aromatic heterocycles. The maximum absolute atomic E-state index is 5.66. The monoisotopic (exact) mass is 286 g/mol. The first kappa shape index (κ1) is 12.7. The highest BCUT2D eigenvalue weighted by Gasteiger charge is 2.11. The predicted molar refractivity (Wildman–Crippen MR) is 87.3 cm³/mol. The van der Waals surface area contributed by atoms with Crippen LogP contribution in [0.5, 0.6) is 0 Å². The summed E-state index contributed by atoms with van der Waals surface area (Å²) in [6.45, 7) is 0. The van der Waals surface area contributed by atoms with E-state index in [2.05, 4.69) is 24.3 Å². The van der Waals surface area contributed by atoms with Gasteiger partial charge in [0.15, 0.2) is 11.5 Å². The van der Waals surface area contributed by atoms with E-state index in [1.54, 1.807) is 12.5 Å². The summed E-state index contributed by atoms with van der Waals surface area (Å²) < 4.78 is 11.3. The molecule has 4 aromatic rings. The molecule has 0 saturated carbocycles. The minimum atomic E-state index is 0.737. The summed E-state index contributed by atoms with van der Waals surface area (Å²) in [5.74, 6) is 1.47. The average Bonchev–Trinajstić information content (AvgIpc) is 3.26. The summed E-state index contributed by atoms with van der Waals surface area (Å²) in [7, 11) is 0. The van der Waals surface area contributed by atoms with E-state index in [4.69, 9.17) is 8.83 Å². The molecule has 0 fully saturated rings. The lowest BCUT2D eigenvalue weighted by Gasteiger charge is -1.93. The normalized spacial score (nSPS) is 10.7. The number of rotatable bonds is 3. The van der Waals surface area contributed by atoms with Gasteiger partial charge in [-0.05, 0) is 23.3 Å². The van der Waals surface area contributed by atoms with Crippen LogP contribution in [-0.2, 0) is 0 Å². The van der Waals surface area contributed by atoms with E-state index in [1.807, 2.05) is 48.5 Å². The van der Waals surface area contributed by atoms with Crippen LogP contribution in [0, 0.1) is 0 Å². The van der Waals surface area contributed by atoms with Crippen LogP contribution in [0.1, 0.15) is 0 Å². The summed E-state index contributed by atoms with van der Waals surface area (Å²) in [6.07, 6.45) is 3.52. The highest BCUT2D eigenvalue weighted by Crippen LogP contribution is 2.32. The summed E-state index contributed by atoms with van der Waals surface area (Å²) in [4.78, 5) is 0. The van der Waals surface area contributed by atoms with Gasteiger partial charge in [0, 0.05) is 11.1 Å². The quantitative estimate of drug-likeness (QED) is 0.470. The van der Waals surface area contributed by atoms with Gasteiger partial charge in [0.1, 0.15) is 0 Å². The number of benzene rings is 2. The SMILES string of the molecule is c1ccc(-c2coc(-c3cc(-c4ccccc4)co3)c2)cc1. The van der Waals surface area contributed by atoms with Crippen LogP contribution in [-0.4, -0.2) is 0 Å². The molecule has 0 N–H and O–H groups in total. The molecule has 4 rings (SSSR count). The Morgan fingerprint density at radius 3 is 1.27 bits per heavy atom. The molecule has 0 bridgehead atoms. The van der Waals surface area contributed by atoms with Crippen molar-refractivity contribution in [3.63, 3.8) is 0 Å². The lowest BCUT2D eigenvalue weighted by molar-refractivity contribution is 0.525. The first-order valence-corrected chi connectivity index (χ1v) is 7.18. The Morgan fingerprint density at radius 1 is 0.455 bits per heavy atom. The lowest BCUT2D eigenvalue weighted by atomic mass is 10.1. The lowest BCUT2D eigenvalue weighted by Crippen LogP contribution is -1.71. The van der Waals surface area contributed by atoms with Gasteiger partial charge < -0.3 is 8.83 Å². The topological polar surface area (TPSA) is 26.3 Å². The molecule has 22 heavy (non-hydrogen) atoms. The van der Waals surface area contributed by atoms with Gasteiger partial charge >= 0.3 is 0 Å². The molecule has 0 radical (unpaired) electrons. The minimum absolute atomic E-state index is 0.737. The van der Waals surface area contributed by atoms with Crippen molar-refractivity contribution in [1.82, 2.24) is 0 Å². The van der Waals surface area contributed by atoms with Gasteiger partial charge in [-0.15, -0.1) is 0 Å². The molecule has 2 nitrogen and oxygen atoms in total. The fourth-order valence-corrected chi connectivity index (χ4v) is 2.49. The van der Waals surface area contributed by atoms with Crippen molar-refractivity contribution >= 4 is 0 Å². The molecule has 0 atom stereocenters. The second-order valence-corrected chi connectivity index (χ2v) is 5.13. The molecule has 0 aliphatic heterocycles. The Balaban J connectivity index is 1.66. The Kier molecular flexibility index (Phi) is 3.13. The van der Waals surface area contributed by atoms with Crippen LogP contribution in [0.25, 0.3) is 33.8 Å². The number of hydrogen-bond donors (Lipinski definition) is 0. The van der Waals surface area contributed by atoms with Crippen LogP contribution < -0.4 is 0 Å². The maximum Gasteiger partial charge on any atom is 0.169 e. The van der Waals surface area contributed by atoms with Gasteiger partial charge in [-0.3, -0.25) is 0 Å². The molecule has 106 valence electrons. The molecular formula is C20H14O2. The van der Waals surface area contributed by atoms with E-state index in [9.17, 15) is 0 Å². The molecule has 0 aliphatic carbocycles. The fourth-order valence-electron chi connectivity index (χ4n) is 2.49. The third kappa shape index (κ3) is 2.35. The minimum Gasteiger partial charge on any atom is -0.460 e. The van der Waals surface area contributed by atoms with Crippen molar-refractivity contribution in [2.75, 3.05) is 0 Å². The Hall–Kier alpha value is -3.00. The summed E-state index contributed by atoms with van der Waals surface area (Å²) in [5, 5.41) is 0. The highest BCUT2D eigenvalue weighted by atomic mass is 16.4. The zero-order valence-corrected chi connectivity index (χ0v) is 11.9. The molecule has 0 amide bonds. The van der Waals surface area contributed by atoms with Gasteiger partial charge in [-0.1, -0.05) is 60.7 Å². The molecule has 2 heterocycles. The molecule has 0 aliphatic rings. The van der Waals surface area contributed by atoms with Crippen molar-refractivity contribution < 1.29 is 8.83 Å². The van der Waals surface area contributed by atoms with Crippen molar-refractivity contribution in [3.8, 4) is 33.8 Å². The Bertz CT molecular complexity index is 794. The van der Waals surface area contributed by atoms with Crippen LogP contribution in [0.3, 0.4) is 0 Å². The van der Waals surface area contributed by atoms with Crippen molar-refractivity contribution in [3.05, 3.63) is 85.3 Å². The van der Waals surface area contributed by atoms with E-state index in [0.717, 1.165) is 33.8 Å². The third-order valence-electron chi connectivity index (χ3n) is 3.66. The van der Waals surface area contributed by atoms with Crippen molar-refractivity contribution in [1.29, 1.82) is 0 Å².